The Hall–Kier alpha value is -2.64. The molecule has 5 rings (SSSR count). The topological polar surface area (TPSA) is 9.23 Å². The van der Waals surface area contributed by atoms with Crippen molar-refractivity contribution in [1.82, 2.24) is 0 Å². The van der Waals surface area contributed by atoms with Crippen molar-refractivity contribution >= 4 is 6.08 Å². The molecule has 26 heavy (non-hydrogen) atoms. The van der Waals surface area contributed by atoms with E-state index in [9.17, 15) is 0 Å². The molecule has 1 aliphatic heterocycles. The number of benzene rings is 3. The second-order valence-corrected chi connectivity index (χ2v) is 7.33. The smallest absolute Gasteiger partial charge is 0.0903 e. The van der Waals surface area contributed by atoms with Gasteiger partial charge in [-0.15, -0.1) is 0 Å². The van der Waals surface area contributed by atoms with Gasteiger partial charge in [0.2, 0.25) is 0 Å². The molecule has 1 fully saturated rings. The van der Waals surface area contributed by atoms with Crippen LogP contribution in [0.2, 0.25) is 0 Å². The lowest BCUT2D eigenvalue weighted by molar-refractivity contribution is 0.0253. The lowest BCUT2D eigenvalue weighted by Gasteiger charge is -2.34. The monoisotopic (exact) mass is 338 g/mol. The van der Waals surface area contributed by atoms with Crippen molar-refractivity contribution in [3.63, 3.8) is 0 Å². The minimum absolute atomic E-state index is 0.155. The molecular weight excluding hydrogens is 316 g/mol. The third-order valence-corrected chi connectivity index (χ3v) is 5.66. The van der Waals surface area contributed by atoms with Gasteiger partial charge in [0.15, 0.2) is 0 Å². The maximum absolute atomic E-state index is 6.46. The number of ether oxygens (including phenoxy) is 1. The zero-order chi connectivity index (χ0) is 17.3. The van der Waals surface area contributed by atoms with Crippen LogP contribution in [0.4, 0.5) is 0 Å². The standard InChI is InChI=1S/C25H22O/c1-2-8-18(9-3-1)14-19-15-24-22-12-6-4-10-20(22)16-21-11-5-7-13-23(21)25(24)26-17-19/h1-14,24-25H,15-17H2/b19-14+/t24-,25-/m1/s1. The van der Waals surface area contributed by atoms with Gasteiger partial charge in [0.1, 0.15) is 0 Å². The predicted molar refractivity (Wildman–Crippen MR) is 106 cm³/mol. The van der Waals surface area contributed by atoms with Crippen LogP contribution in [0.3, 0.4) is 0 Å². The van der Waals surface area contributed by atoms with E-state index in [2.05, 4.69) is 84.9 Å². The lowest BCUT2D eigenvalue weighted by Crippen LogP contribution is -2.23. The van der Waals surface area contributed by atoms with Crippen molar-refractivity contribution in [1.29, 1.82) is 0 Å². The van der Waals surface area contributed by atoms with E-state index in [1.54, 1.807) is 0 Å². The molecule has 0 unspecified atom stereocenters. The van der Waals surface area contributed by atoms with Crippen LogP contribution in [0.1, 0.15) is 46.3 Å². The summed E-state index contributed by atoms with van der Waals surface area (Å²) in [5.41, 5.74) is 8.30. The molecule has 1 heterocycles. The van der Waals surface area contributed by atoms with Crippen LogP contribution in [0.25, 0.3) is 6.08 Å². The second-order valence-electron chi connectivity index (χ2n) is 7.33. The maximum atomic E-state index is 6.46. The van der Waals surface area contributed by atoms with Gasteiger partial charge < -0.3 is 4.74 Å². The van der Waals surface area contributed by atoms with E-state index in [0.717, 1.165) is 12.8 Å². The molecule has 2 atom stereocenters. The fourth-order valence-electron chi connectivity index (χ4n) is 4.46. The zero-order valence-electron chi connectivity index (χ0n) is 14.8. The van der Waals surface area contributed by atoms with Gasteiger partial charge in [0, 0.05) is 5.92 Å². The van der Waals surface area contributed by atoms with Crippen LogP contribution < -0.4 is 0 Å². The van der Waals surface area contributed by atoms with Gasteiger partial charge >= 0.3 is 0 Å². The first-order valence-electron chi connectivity index (χ1n) is 9.40. The molecule has 3 aromatic rings. The molecule has 1 nitrogen and oxygen atoms in total. The lowest BCUT2D eigenvalue weighted by atomic mass is 9.82. The molecule has 1 heteroatoms. The van der Waals surface area contributed by atoms with E-state index in [4.69, 9.17) is 4.74 Å². The summed E-state index contributed by atoms with van der Waals surface area (Å²) < 4.78 is 6.46. The van der Waals surface area contributed by atoms with Crippen molar-refractivity contribution < 1.29 is 4.74 Å². The van der Waals surface area contributed by atoms with Gasteiger partial charge in [-0.3, -0.25) is 0 Å². The Bertz CT molecular complexity index is 955. The van der Waals surface area contributed by atoms with Gasteiger partial charge in [-0.05, 0) is 46.2 Å². The molecule has 0 aromatic heterocycles. The van der Waals surface area contributed by atoms with E-state index in [1.165, 1.54) is 33.4 Å². The molecule has 0 spiro atoms. The Morgan fingerprint density at radius 3 is 2.19 bits per heavy atom. The highest BCUT2D eigenvalue weighted by Crippen LogP contribution is 2.47. The summed E-state index contributed by atoms with van der Waals surface area (Å²) in [4.78, 5) is 0. The molecule has 0 radical (unpaired) electrons. The molecule has 128 valence electrons. The number of fused-ring (bicyclic) bond motifs is 5. The van der Waals surface area contributed by atoms with Crippen molar-refractivity contribution in [2.45, 2.75) is 24.9 Å². The molecular formula is C25H22O. The molecule has 1 saturated heterocycles. The van der Waals surface area contributed by atoms with Crippen LogP contribution in [0.15, 0.2) is 84.4 Å². The Labute approximate surface area is 155 Å². The highest BCUT2D eigenvalue weighted by Gasteiger charge is 2.35. The number of rotatable bonds is 1. The number of hydrogen-bond donors (Lipinski definition) is 0. The average Bonchev–Trinajstić information content (AvgIpc) is 2.83. The summed E-state index contributed by atoms with van der Waals surface area (Å²) in [5, 5.41) is 0. The first kappa shape index (κ1) is 15.6. The zero-order valence-corrected chi connectivity index (χ0v) is 14.8. The summed E-state index contributed by atoms with van der Waals surface area (Å²) in [7, 11) is 0. The van der Waals surface area contributed by atoms with E-state index < -0.39 is 0 Å². The average molecular weight is 338 g/mol. The number of hydrogen-bond acceptors (Lipinski definition) is 1. The second kappa shape index (κ2) is 6.59. The van der Waals surface area contributed by atoms with Crippen LogP contribution in [-0.4, -0.2) is 6.61 Å². The molecule has 3 aromatic carbocycles. The summed E-state index contributed by atoms with van der Waals surface area (Å²) in [6, 6.07) is 28.3. The molecule has 2 aliphatic rings. The van der Waals surface area contributed by atoms with Crippen molar-refractivity contribution in [3.8, 4) is 0 Å². The summed E-state index contributed by atoms with van der Waals surface area (Å²) in [5.74, 6) is 0.388. The first-order chi connectivity index (χ1) is 12.9. The van der Waals surface area contributed by atoms with Gasteiger partial charge in [-0.25, -0.2) is 0 Å². The molecule has 1 aliphatic carbocycles. The quantitative estimate of drug-likeness (QED) is 0.535. The summed E-state index contributed by atoms with van der Waals surface area (Å²) in [6.45, 7) is 0.715. The van der Waals surface area contributed by atoms with Gasteiger partial charge in [-0.2, -0.15) is 0 Å². The fourth-order valence-corrected chi connectivity index (χ4v) is 4.46. The largest absolute Gasteiger partial charge is 0.369 e. The van der Waals surface area contributed by atoms with Crippen molar-refractivity contribution in [2.75, 3.05) is 6.61 Å². The van der Waals surface area contributed by atoms with Crippen LogP contribution in [-0.2, 0) is 11.2 Å². The van der Waals surface area contributed by atoms with Crippen LogP contribution in [0, 0.1) is 0 Å². The molecule has 0 bridgehead atoms. The van der Waals surface area contributed by atoms with Crippen LogP contribution >= 0.6 is 0 Å². The van der Waals surface area contributed by atoms with Gasteiger partial charge in [-0.1, -0.05) is 84.9 Å². The summed E-state index contributed by atoms with van der Waals surface area (Å²) >= 11 is 0. The summed E-state index contributed by atoms with van der Waals surface area (Å²) in [6.07, 6.45) is 4.52. The van der Waals surface area contributed by atoms with Gasteiger partial charge in [0.25, 0.3) is 0 Å². The van der Waals surface area contributed by atoms with Crippen molar-refractivity contribution in [3.05, 3.63) is 112 Å². The Morgan fingerprint density at radius 2 is 1.38 bits per heavy atom. The van der Waals surface area contributed by atoms with E-state index >= 15 is 0 Å². The molecule has 0 N–H and O–H groups in total. The first-order valence-corrected chi connectivity index (χ1v) is 9.40. The third-order valence-electron chi connectivity index (χ3n) is 5.66. The Balaban J connectivity index is 1.58. The highest BCUT2D eigenvalue weighted by molar-refractivity contribution is 5.54. The maximum Gasteiger partial charge on any atom is 0.0903 e. The van der Waals surface area contributed by atoms with Gasteiger partial charge in [0.05, 0.1) is 12.7 Å². The molecule has 0 saturated carbocycles. The van der Waals surface area contributed by atoms with E-state index in [-0.39, 0.29) is 6.10 Å². The SMILES string of the molecule is C(=C1\CO[C@@H]2c3ccccc3Cc3ccccc3[C@H]2C1)/c1ccccc1. The van der Waals surface area contributed by atoms with E-state index in [1.807, 2.05) is 0 Å². The van der Waals surface area contributed by atoms with Crippen molar-refractivity contribution in [2.24, 2.45) is 0 Å². The van der Waals surface area contributed by atoms with E-state index in [0.29, 0.717) is 12.5 Å². The highest BCUT2D eigenvalue weighted by atomic mass is 16.5. The molecule has 0 amide bonds. The normalized spacial score (nSPS) is 22.8. The van der Waals surface area contributed by atoms with Crippen LogP contribution in [0.5, 0.6) is 0 Å². The predicted octanol–water partition coefficient (Wildman–Crippen LogP) is 5.92. The third kappa shape index (κ3) is 2.79. The minimum Gasteiger partial charge on any atom is -0.369 e. The Morgan fingerprint density at radius 1 is 0.731 bits per heavy atom. The minimum atomic E-state index is 0.155. The Kier molecular flexibility index (Phi) is 3.95. The fraction of sp³-hybridized carbons (Fsp3) is 0.200.